The van der Waals surface area contributed by atoms with E-state index in [-0.39, 0.29) is 5.69 Å². The van der Waals surface area contributed by atoms with Crippen molar-refractivity contribution >= 4 is 71.9 Å². The summed E-state index contributed by atoms with van der Waals surface area (Å²) in [5, 5.41) is 2.18. The number of halogens is 5. The first-order valence-electron chi connectivity index (χ1n) is 12.8. The minimum atomic E-state index is -4.57. The first-order valence-corrected chi connectivity index (χ1v) is 16.0. The van der Waals surface area contributed by atoms with E-state index in [4.69, 9.17) is 9.27 Å². The molecule has 1 atom stereocenters. The lowest BCUT2D eigenvalue weighted by Crippen LogP contribution is -2.27. The Morgan fingerprint density at radius 3 is 2.17 bits per heavy atom. The van der Waals surface area contributed by atoms with Crippen LogP contribution in [0.5, 0.6) is 5.75 Å². The molecular formula is C31H28Br2F3N2OP. The summed E-state index contributed by atoms with van der Waals surface area (Å²) in [6, 6.07) is 25.2. The molecule has 0 unspecified atom stereocenters. The molecular weight excluding hydrogens is 664 g/mol. The molecule has 0 saturated carbocycles. The monoisotopic (exact) mass is 690 g/mol. The zero-order valence-corrected chi connectivity index (χ0v) is 26.5. The molecule has 0 amide bonds. The van der Waals surface area contributed by atoms with E-state index < -0.39 is 24.2 Å². The van der Waals surface area contributed by atoms with Gasteiger partial charge in [-0.15, -0.1) is 0 Å². The average Bonchev–Trinajstić information content (AvgIpc) is 3.21. The molecule has 4 aromatic carbocycles. The van der Waals surface area contributed by atoms with Crippen molar-refractivity contribution in [2.45, 2.75) is 45.6 Å². The van der Waals surface area contributed by atoms with Crippen LogP contribution in [0, 0.1) is 0 Å². The molecule has 0 saturated heterocycles. The van der Waals surface area contributed by atoms with Gasteiger partial charge < -0.3 is 9.09 Å². The molecule has 208 valence electrons. The fourth-order valence-electron chi connectivity index (χ4n) is 5.02. The van der Waals surface area contributed by atoms with Crippen LogP contribution in [0.2, 0.25) is 0 Å². The molecule has 0 N–H and O–H groups in total. The molecule has 3 nitrogen and oxygen atoms in total. The van der Waals surface area contributed by atoms with Gasteiger partial charge in [0.2, 0.25) is 0 Å². The Hall–Kier alpha value is -2.54. The van der Waals surface area contributed by atoms with Gasteiger partial charge in [0.05, 0.1) is 15.7 Å². The van der Waals surface area contributed by atoms with Crippen molar-refractivity contribution in [1.29, 1.82) is 0 Å². The van der Waals surface area contributed by atoms with E-state index in [1.165, 1.54) is 12.1 Å². The molecule has 40 heavy (non-hydrogen) atoms. The van der Waals surface area contributed by atoms with Crippen molar-refractivity contribution in [1.82, 2.24) is 4.57 Å². The molecule has 0 aliphatic rings. The highest BCUT2D eigenvalue weighted by Gasteiger charge is 2.41. The van der Waals surface area contributed by atoms with Gasteiger partial charge in [-0.1, -0.05) is 67.0 Å². The van der Waals surface area contributed by atoms with E-state index in [9.17, 15) is 13.2 Å². The van der Waals surface area contributed by atoms with Crippen LogP contribution in [-0.2, 0) is 12.7 Å². The van der Waals surface area contributed by atoms with Crippen LogP contribution in [0.15, 0.2) is 98.6 Å². The van der Waals surface area contributed by atoms with Gasteiger partial charge in [-0.2, -0.15) is 13.2 Å². The van der Waals surface area contributed by atoms with Crippen LogP contribution in [0.25, 0.3) is 21.8 Å². The second-order valence-electron chi connectivity index (χ2n) is 10.5. The number of nitrogens with zero attached hydrogens (tertiary/aromatic N) is 2. The Labute approximate surface area is 248 Å². The Bertz CT molecular complexity index is 1790. The van der Waals surface area contributed by atoms with Crippen LogP contribution < -0.4 is 9.83 Å². The lowest BCUT2D eigenvalue weighted by Gasteiger charge is -2.37. The van der Waals surface area contributed by atoms with Gasteiger partial charge >= 0.3 is 6.18 Å². The Balaban J connectivity index is 1.90. The smallest absolute Gasteiger partial charge is 0.418 e. The second kappa shape index (κ2) is 10.7. The van der Waals surface area contributed by atoms with Gasteiger partial charge in [-0.3, -0.25) is 0 Å². The summed E-state index contributed by atoms with van der Waals surface area (Å²) >= 11 is 7.07. The maximum Gasteiger partial charge on any atom is 0.418 e. The molecule has 0 spiro atoms. The molecule has 9 heteroatoms. The van der Waals surface area contributed by atoms with Crippen molar-refractivity contribution in [3.05, 3.63) is 99.4 Å². The van der Waals surface area contributed by atoms with Gasteiger partial charge in [0.25, 0.3) is 0 Å². The molecule has 1 aromatic heterocycles. The van der Waals surface area contributed by atoms with Gasteiger partial charge in [0.15, 0.2) is 7.28 Å². The Morgan fingerprint density at radius 1 is 0.825 bits per heavy atom. The second-order valence-corrected chi connectivity index (χ2v) is 15.7. The van der Waals surface area contributed by atoms with Crippen LogP contribution in [-0.4, -0.2) is 9.72 Å². The van der Waals surface area contributed by atoms with Crippen LogP contribution in [0.4, 0.5) is 18.9 Å². The fraction of sp³-hybridized carbons (Fsp3) is 0.226. The third-order valence-corrected chi connectivity index (χ3v) is 11.8. The summed E-state index contributed by atoms with van der Waals surface area (Å²) < 4.78 is 58.2. The highest BCUT2D eigenvalue weighted by molar-refractivity contribution is 9.11. The summed E-state index contributed by atoms with van der Waals surface area (Å²) in [5.41, 5.74) is 1.24. The quantitative estimate of drug-likeness (QED) is 0.169. The standard InChI is InChI=1S/C31H28Br2F3N2OP/c1-5-38-27-13-9-6-10-22(27)23-19-21(15-16-28(23)38)40(30(2,3)4,39-29-17-14-20(32)18-25(29)33)37-26-12-8-7-11-24(26)31(34,35)36/h6-19H,5H2,1-4H3/t40-/m1/s1. The lowest BCUT2D eigenvalue weighted by atomic mass is 10.1. The summed E-state index contributed by atoms with van der Waals surface area (Å²) in [6.45, 7) is 8.82. The lowest BCUT2D eigenvalue weighted by molar-refractivity contribution is -0.137. The van der Waals surface area contributed by atoms with Crippen molar-refractivity contribution < 1.29 is 17.7 Å². The number of hydrogen-bond donors (Lipinski definition) is 0. The van der Waals surface area contributed by atoms with Crippen molar-refractivity contribution in [2.24, 2.45) is 4.74 Å². The molecule has 0 aliphatic heterocycles. The van der Waals surface area contributed by atoms with Crippen LogP contribution >= 0.6 is 39.1 Å². The molecule has 1 heterocycles. The van der Waals surface area contributed by atoms with Gasteiger partial charge in [-0.25, -0.2) is 4.74 Å². The van der Waals surface area contributed by atoms with Crippen molar-refractivity contribution in [3.63, 3.8) is 0 Å². The molecule has 0 aliphatic carbocycles. The van der Waals surface area contributed by atoms with Crippen LogP contribution in [0.3, 0.4) is 0 Å². The van der Waals surface area contributed by atoms with E-state index in [0.29, 0.717) is 10.2 Å². The predicted molar refractivity (Wildman–Crippen MR) is 167 cm³/mol. The zero-order valence-electron chi connectivity index (χ0n) is 22.4. The normalized spacial score (nSPS) is 13.9. The van der Waals surface area contributed by atoms with Gasteiger partial charge in [-0.05, 0) is 77.5 Å². The van der Waals surface area contributed by atoms with Gasteiger partial charge in [0.1, 0.15) is 5.75 Å². The Morgan fingerprint density at radius 2 is 1.50 bits per heavy atom. The first-order chi connectivity index (χ1) is 18.9. The molecule has 5 rings (SSSR count). The number of rotatable bonds is 5. The van der Waals surface area contributed by atoms with E-state index in [1.807, 2.05) is 57.2 Å². The average molecular weight is 692 g/mol. The van der Waals surface area contributed by atoms with E-state index in [0.717, 1.165) is 44.2 Å². The number of para-hydroxylation sites is 1. The number of benzene rings is 4. The fourth-order valence-corrected chi connectivity index (χ4v) is 9.39. The highest BCUT2D eigenvalue weighted by Crippen LogP contribution is 2.63. The number of fused-ring (bicyclic) bond motifs is 3. The van der Waals surface area contributed by atoms with E-state index >= 15 is 0 Å². The maximum absolute atomic E-state index is 14.2. The minimum Gasteiger partial charge on any atom is -0.454 e. The minimum absolute atomic E-state index is 0.137. The molecule has 5 aromatic rings. The third-order valence-electron chi connectivity index (χ3n) is 6.91. The number of aryl methyl sites for hydroxylation is 1. The summed E-state index contributed by atoms with van der Waals surface area (Å²) in [5.74, 6) is 0.510. The zero-order chi connectivity index (χ0) is 28.9. The summed E-state index contributed by atoms with van der Waals surface area (Å²) in [7, 11) is -3.23. The predicted octanol–water partition coefficient (Wildman–Crippen LogP) is 11.3. The maximum atomic E-state index is 14.2. The number of aromatic nitrogens is 1. The number of alkyl halides is 3. The highest BCUT2D eigenvalue weighted by atomic mass is 79.9. The molecule has 0 fully saturated rings. The van der Waals surface area contributed by atoms with E-state index in [1.54, 1.807) is 12.1 Å². The largest absolute Gasteiger partial charge is 0.454 e. The van der Waals surface area contributed by atoms with Crippen molar-refractivity contribution in [2.75, 3.05) is 0 Å². The summed E-state index contributed by atoms with van der Waals surface area (Å²) in [4.78, 5) is 0. The summed E-state index contributed by atoms with van der Waals surface area (Å²) in [6.07, 6.45) is -4.57. The topological polar surface area (TPSA) is 26.5 Å². The SMILES string of the molecule is CCn1c2ccccc2c2cc([P@@](=Nc3ccccc3C(F)(F)F)(Oc3ccc(Br)cc3Br)C(C)(C)C)ccc21. The molecule has 0 radical (unpaired) electrons. The van der Waals surface area contributed by atoms with Crippen LogP contribution in [0.1, 0.15) is 33.3 Å². The van der Waals surface area contributed by atoms with E-state index in [2.05, 4.69) is 61.5 Å². The molecule has 0 bridgehead atoms. The van der Waals surface area contributed by atoms with Gasteiger partial charge in [0, 0.05) is 43.3 Å². The Kier molecular flexibility index (Phi) is 7.75. The first kappa shape index (κ1) is 29.0. The third kappa shape index (κ3) is 5.15. The number of hydrogen-bond acceptors (Lipinski definition) is 2. The van der Waals surface area contributed by atoms with Crippen molar-refractivity contribution in [3.8, 4) is 5.75 Å².